The summed E-state index contributed by atoms with van der Waals surface area (Å²) in [6, 6.07) is 9.77. The predicted octanol–water partition coefficient (Wildman–Crippen LogP) is 3.36. The van der Waals surface area contributed by atoms with Crippen molar-refractivity contribution in [3.8, 4) is 0 Å². The molecule has 0 saturated carbocycles. The highest BCUT2D eigenvalue weighted by Gasteiger charge is 2.55. The van der Waals surface area contributed by atoms with Crippen molar-refractivity contribution in [3.05, 3.63) is 30.3 Å². The van der Waals surface area contributed by atoms with Gasteiger partial charge in [0.15, 0.2) is 0 Å². The van der Waals surface area contributed by atoms with Crippen LogP contribution in [0.1, 0.15) is 6.92 Å². The van der Waals surface area contributed by atoms with Gasteiger partial charge in [0.25, 0.3) is 0 Å². The zero-order chi connectivity index (χ0) is 15.9. The Hall–Kier alpha value is 0.280. The SMILES string of the molecule is C[C@@H]1O[C@H](Sc2ccccc2)[C@H]2O[C@H](C(Cl)(Cl)Cl)O[C@H]2[C@@H]1O. The van der Waals surface area contributed by atoms with E-state index in [0.717, 1.165) is 4.90 Å². The van der Waals surface area contributed by atoms with Crippen LogP contribution in [0.15, 0.2) is 35.2 Å². The fourth-order valence-corrected chi connectivity index (χ4v) is 3.96. The monoisotopic (exact) mass is 384 g/mol. The zero-order valence-electron chi connectivity index (χ0n) is 11.6. The van der Waals surface area contributed by atoms with Gasteiger partial charge in [-0.25, -0.2) is 0 Å². The molecule has 22 heavy (non-hydrogen) atoms. The van der Waals surface area contributed by atoms with Gasteiger partial charge in [-0.2, -0.15) is 0 Å². The minimum atomic E-state index is -1.72. The van der Waals surface area contributed by atoms with Gasteiger partial charge in [-0.15, -0.1) is 0 Å². The van der Waals surface area contributed by atoms with Crippen LogP contribution in [-0.2, 0) is 14.2 Å². The van der Waals surface area contributed by atoms with Gasteiger partial charge in [0.2, 0.25) is 10.1 Å². The second-order valence-electron chi connectivity index (χ2n) is 5.21. The van der Waals surface area contributed by atoms with Crippen LogP contribution >= 0.6 is 46.6 Å². The molecule has 2 aliphatic heterocycles. The van der Waals surface area contributed by atoms with E-state index in [1.807, 2.05) is 30.3 Å². The van der Waals surface area contributed by atoms with Gasteiger partial charge < -0.3 is 19.3 Å². The van der Waals surface area contributed by atoms with Gasteiger partial charge in [-0.05, 0) is 19.1 Å². The lowest BCUT2D eigenvalue weighted by atomic mass is 10.0. The van der Waals surface area contributed by atoms with Crippen LogP contribution in [0.5, 0.6) is 0 Å². The Morgan fingerprint density at radius 3 is 2.32 bits per heavy atom. The molecular formula is C14H15Cl3O4S. The first-order valence-corrected chi connectivity index (χ1v) is 8.80. The largest absolute Gasteiger partial charge is 0.388 e. The molecule has 0 unspecified atom stereocenters. The molecule has 1 N–H and O–H groups in total. The van der Waals surface area contributed by atoms with Crippen LogP contribution in [0.2, 0.25) is 0 Å². The molecule has 1 aromatic rings. The molecule has 0 spiro atoms. The molecule has 2 saturated heterocycles. The van der Waals surface area contributed by atoms with E-state index in [1.165, 1.54) is 11.8 Å². The fourth-order valence-electron chi connectivity index (χ4n) is 2.49. The second kappa shape index (κ2) is 6.65. The molecule has 0 amide bonds. The number of benzene rings is 1. The van der Waals surface area contributed by atoms with Crippen molar-refractivity contribution in [3.63, 3.8) is 0 Å². The lowest BCUT2D eigenvalue weighted by Gasteiger charge is -2.38. The van der Waals surface area contributed by atoms with Gasteiger partial charge in [-0.1, -0.05) is 64.8 Å². The highest BCUT2D eigenvalue weighted by molar-refractivity contribution is 7.99. The van der Waals surface area contributed by atoms with Crippen LogP contribution in [0.3, 0.4) is 0 Å². The number of thioether (sulfide) groups is 1. The van der Waals surface area contributed by atoms with E-state index in [1.54, 1.807) is 6.92 Å². The van der Waals surface area contributed by atoms with Crippen molar-refractivity contribution in [2.24, 2.45) is 0 Å². The number of hydrogen-bond donors (Lipinski definition) is 1. The van der Waals surface area contributed by atoms with Crippen molar-refractivity contribution in [2.45, 2.75) is 51.8 Å². The molecule has 0 aliphatic carbocycles. The molecule has 1 aromatic carbocycles. The summed E-state index contributed by atoms with van der Waals surface area (Å²) in [5.74, 6) is 0. The van der Waals surface area contributed by atoms with Crippen molar-refractivity contribution < 1.29 is 19.3 Å². The van der Waals surface area contributed by atoms with Crippen LogP contribution in [0, 0.1) is 0 Å². The van der Waals surface area contributed by atoms with E-state index < -0.39 is 34.5 Å². The molecule has 122 valence electrons. The smallest absolute Gasteiger partial charge is 0.240 e. The predicted molar refractivity (Wildman–Crippen MR) is 86.5 cm³/mol. The van der Waals surface area contributed by atoms with Crippen LogP contribution in [-0.4, -0.2) is 45.0 Å². The number of rotatable bonds is 2. The maximum Gasteiger partial charge on any atom is 0.240 e. The maximum atomic E-state index is 10.2. The van der Waals surface area contributed by atoms with Gasteiger partial charge in [0.1, 0.15) is 23.7 Å². The van der Waals surface area contributed by atoms with E-state index in [9.17, 15) is 5.11 Å². The maximum absolute atomic E-state index is 10.2. The van der Waals surface area contributed by atoms with Crippen molar-refractivity contribution in [2.75, 3.05) is 0 Å². The molecule has 6 atom stereocenters. The minimum Gasteiger partial charge on any atom is -0.388 e. The molecule has 2 aliphatic rings. The number of alkyl halides is 3. The van der Waals surface area contributed by atoms with Crippen LogP contribution in [0.4, 0.5) is 0 Å². The molecule has 2 heterocycles. The zero-order valence-corrected chi connectivity index (χ0v) is 14.6. The van der Waals surface area contributed by atoms with Gasteiger partial charge in [0.05, 0.1) is 6.10 Å². The molecule has 8 heteroatoms. The molecule has 3 rings (SSSR count). The van der Waals surface area contributed by atoms with Crippen LogP contribution in [0.25, 0.3) is 0 Å². The molecule has 0 bridgehead atoms. The van der Waals surface area contributed by atoms with Crippen molar-refractivity contribution >= 4 is 46.6 Å². The van der Waals surface area contributed by atoms with Crippen molar-refractivity contribution in [1.29, 1.82) is 0 Å². The highest BCUT2D eigenvalue weighted by Crippen LogP contribution is 2.45. The normalized spacial score (nSPS) is 38.8. The standard InChI is InChI=1S/C14H15Cl3O4S/c1-7-9(18)10-11(21-13(20-10)14(15,16)17)12(19-7)22-8-5-3-2-4-6-8/h2-7,9-13,18H,1H3/t7-,9+,10-,11-,12+,13+/m0/s1. The topological polar surface area (TPSA) is 47.9 Å². The lowest BCUT2D eigenvalue weighted by molar-refractivity contribution is -0.153. The number of halogens is 3. The minimum absolute atomic E-state index is 0.358. The van der Waals surface area contributed by atoms with Gasteiger partial charge in [-0.3, -0.25) is 0 Å². The molecule has 0 aromatic heterocycles. The average molecular weight is 386 g/mol. The Bertz CT molecular complexity index is 513. The first kappa shape index (κ1) is 17.1. The first-order chi connectivity index (χ1) is 10.4. The number of aliphatic hydroxyl groups is 1. The average Bonchev–Trinajstić information content (AvgIpc) is 2.91. The van der Waals surface area contributed by atoms with Crippen LogP contribution < -0.4 is 0 Å². The Labute approximate surface area is 148 Å². The van der Waals surface area contributed by atoms with E-state index >= 15 is 0 Å². The number of aliphatic hydroxyl groups excluding tert-OH is 1. The molecule has 4 nitrogen and oxygen atoms in total. The van der Waals surface area contributed by atoms with E-state index in [2.05, 4.69) is 0 Å². The Morgan fingerprint density at radius 2 is 1.68 bits per heavy atom. The van der Waals surface area contributed by atoms with Gasteiger partial charge >= 0.3 is 0 Å². The fraction of sp³-hybridized carbons (Fsp3) is 0.571. The number of fused-ring (bicyclic) bond motifs is 1. The Kier molecular flexibility index (Phi) is 5.17. The Morgan fingerprint density at radius 1 is 1.05 bits per heavy atom. The summed E-state index contributed by atoms with van der Waals surface area (Å²) in [4.78, 5) is 1.02. The summed E-state index contributed by atoms with van der Waals surface area (Å²) >= 11 is 19.0. The second-order valence-corrected chi connectivity index (χ2v) is 8.75. The third-order valence-electron chi connectivity index (χ3n) is 3.58. The first-order valence-electron chi connectivity index (χ1n) is 6.79. The van der Waals surface area contributed by atoms with E-state index in [4.69, 9.17) is 49.0 Å². The molecular weight excluding hydrogens is 371 g/mol. The summed E-state index contributed by atoms with van der Waals surface area (Å²) in [6.45, 7) is 1.78. The Balaban J connectivity index is 1.79. The quantitative estimate of drug-likeness (QED) is 0.791. The van der Waals surface area contributed by atoms with E-state index in [-0.39, 0.29) is 5.44 Å². The summed E-state index contributed by atoms with van der Waals surface area (Å²) in [5.41, 5.74) is -0.358. The summed E-state index contributed by atoms with van der Waals surface area (Å²) in [5, 5.41) is 10.2. The third kappa shape index (κ3) is 3.52. The molecule has 2 fully saturated rings. The lowest BCUT2D eigenvalue weighted by Crippen LogP contribution is -2.54. The summed E-state index contributed by atoms with van der Waals surface area (Å²) < 4.78 is 15.5. The number of hydrogen-bond acceptors (Lipinski definition) is 5. The summed E-state index contributed by atoms with van der Waals surface area (Å²) in [7, 11) is 0. The number of ether oxygens (including phenoxy) is 3. The van der Waals surface area contributed by atoms with Crippen molar-refractivity contribution in [1.82, 2.24) is 0 Å². The highest BCUT2D eigenvalue weighted by atomic mass is 35.6. The van der Waals surface area contributed by atoms with E-state index in [0.29, 0.717) is 0 Å². The summed E-state index contributed by atoms with van der Waals surface area (Å²) in [6.07, 6.45) is -3.38. The third-order valence-corrected chi connectivity index (χ3v) is 5.27. The molecule has 0 radical (unpaired) electrons. The van der Waals surface area contributed by atoms with Gasteiger partial charge in [0, 0.05) is 4.90 Å².